The van der Waals surface area contributed by atoms with Gasteiger partial charge in [0.05, 0.1) is 13.2 Å². The van der Waals surface area contributed by atoms with Crippen molar-refractivity contribution in [3.8, 4) is 11.8 Å². The van der Waals surface area contributed by atoms with Gasteiger partial charge >= 0.3 is 0 Å². The number of carbonyl (C=O) groups is 1. The standard InChI is InChI=1S/C16H19N5O3/c22-16(13-10-15-21(19-13)8-3-9-23-15)20-7-2-4-12(11-20)24-14-5-1-6-17-18-14/h1,5-6,10,12H,2-4,7-9,11H2. The highest BCUT2D eigenvalue weighted by atomic mass is 16.5. The van der Waals surface area contributed by atoms with Crippen LogP contribution in [0.15, 0.2) is 24.4 Å². The van der Waals surface area contributed by atoms with Crippen LogP contribution < -0.4 is 9.47 Å². The summed E-state index contributed by atoms with van der Waals surface area (Å²) in [6.45, 7) is 2.71. The van der Waals surface area contributed by atoms with Crippen molar-refractivity contribution in [3.05, 3.63) is 30.1 Å². The SMILES string of the molecule is O=C(c1cc2n(n1)CCCO2)N1CCCC(Oc2cccnn2)C1. The van der Waals surface area contributed by atoms with Gasteiger partial charge in [-0.3, -0.25) is 4.79 Å². The largest absolute Gasteiger partial charge is 0.478 e. The van der Waals surface area contributed by atoms with E-state index in [1.165, 1.54) is 0 Å². The van der Waals surface area contributed by atoms with Crippen molar-refractivity contribution < 1.29 is 14.3 Å². The van der Waals surface area contributed by atoms with E-state index in [2.05, 4.69) is 15.3 Å². The third kappa shape index (κ3) is 3.04. The molecular weight excluding hydrogens is 310 g/mol. The fraction of sp³-hybridized carbons (Fsp3) is 0.500. The van der Waals surface area contributed by atoms with Gasteiger partial charge in [0.15, 0.2) is 5.69 Å². The molecule has 0 bridgehead atoms. The first-order chi connectivity index (χ1) is 11.8. The predicted octanol–water partition coefficient (Wildman–Crippen LogP) is 1.14. The molecule has 24 heavy (non-hydrogen) atoms. The number of fused-ring (bicyclic) bond motifs is 1. The van der Waals surface area contributed by atoms with Crippen molar-refractivity contribution in [1.82, 2.24) is 24.9 Å². The van der Waals surface area contributed by atoms with Crippen molar-refractivity contribution in [2.24, 2.45) is 0 Å². The van der Waals surface area contributed by atoms with Crippen molar-refractivity contribution in [2.45, 2.75) is 31.9 Å². The molecule has 4 heterocycles. The third-order valence-electron chi connectivity index (χ3n) is 4.23. The highest BCUT2D eigenvalue weighted by molar-refractivity contribution is 5.92. The summed E-state index contributed by atoms with van der Waals surface area (Å²) in [6, 6.07) is 5.28. The minimum atomic E-state index is -0.0760. The molecular formula is C16H19N5O3. The van der Waals surface area contributed by atoms with Gasteiger partial charge in [0.2, 0.25) is 11.8 Å². The van der Waals surface area contributed by atoms with E-state index in [1.807, 2.05) is 0 Å². The molecule has 8 heteroatoms. The fourth-order valence-corrected chi connectivity index (χ4v) is 3.07. The number of carbonyl (C=O) groups excluding carboxylic acids is 1. The first-order valence-electron chi connectivity index (χ1n) is 8.24. The highest BCUT2D eigenvalue weighted by Crippen LogP contribution is 2.22. The Morgan fingerprint density at radius 1 is 1.33 bits per heavy atom. The number of hydrogen-bond acceptors (Lipinski definition) is 6. The number of amides is 1. The van der Waals surface area contributed by atoms with E-state index in [0.717, 1.165) is 25.8 Å². The maximum atomic E-state index is 12.7. The molecule has 0 aliphatic carbocycles. The maximum Gasteiger partial charge on any atom is 0.274 e. The molecule has 2 aromatic rings. The Morgan fingerprint density at radius 2 is 2.29 bits per heavy atom. The van der Waals surface area contributed by atoms with Crippen molar-refractivity contribution >= 4 is 5.91 Å². The molecule has 1 amide bonds. The molecule has 126 valence electrons. The molecule has 1 unspecified atom stereocenters. The van der Waals surface area contributed by atoms with E-state index in [-0.39, 0.29) is 12.0 Å². The molecule has 0 spiro atoms. The van der Waals surface area contributed by atoms with Gasteiger partial charge in [0, 0.05) is 37.8 Å². The third-order valence-corrected chi connectivity index (χ3v) is 4.23. The van der Waals surface area contributed by atoms with Crippen LogP contribution in [0.25, 0.3) is 0 Å². The number of nitrogens with zero attached hydrogens (tertiary/aromatic N) is 5. The Kier molecular flexibility index (Phi) is 4.02. The lowest BCUT2D eigenvalue weighted by atomic mass is 10.1. The van der Waals surface area contributed by atoms with E-state index in [1.54, 1.807) is 34.0 Å². The topological polar surface area (TPSA) is 82.4 Å². The van der Waals surface area contributed by atoms with Gasteiger partial charge in [-0.2, -0.15) is 10.2 Å². The van der Waals surface area contributed by atoms with Crippen LogP contribution in [-0.4, -0.2) is 56.6 Å². The summed E-state index contributed by atoms with van der Waals surface area (Å²) in [5.41, 5.74) is 0.437. The van der Waals surface area contributed by atoms with Crippen LogP contribution in [0.2, 0.25) is 0 Å². The molecule has 2 aliphatic heterocycles. The zero-order chi connectivity index (χ0) is 16.4. The molecule has 0 saturated carbocycles. The molecule has 1 atom stereocenters. The molecule has 2 aromatic heterocycles. The summed E-state index contributed by atoms with van der Waals surface area (Å²) in [7, 11) is 0. The Hall–Kier alpha value is -2.64. The predicted molar refractivity (Wildman–Crippen MR) is 83.9 cm³/mol. The molecule has 0 radical (unpaired) electrons. The van der Waals surface area contributed by atoms with Gasteiger partial charge < -0.3 is 14.4 Å². The van der Waals surface area contributed by atoms with Crippen LogP contribution in [0.4, 0.5) is 0 Å². The maximum absolute atomic E-state index is 12.7. The zero-order valence-electron chi connectivity index (χ0n) is 13.3. The minimum Gasteiger partial charge on any atom is -0.478 e. The van der Waals surface area contributed by atoms with Gasteiger partial charge in [-0.1, -0.05) is 0 Å². The van der Waals surface area contributed by atoms with Gasteiger partial charge in [0.25, 0.3) is 5.91 Å². The molecule has 0 N–H and O–H groups in total. The van der Waals surface area contributed by atoms with E-state index >= 15 is 0 Å². The summed E-state index contributed by atoms with van der Waals surface area (Å²) in [4.78, 5) is 14.5. The number of ether oxygens (including phenoxy) is 2. The van der Waals surface area contributed by atoms with Crippen molar-refractivity contribution in [1.29, 1.82) is 0 Å². The first-order valence-corrected chi connectivity index (χ1v) is 8.24. The smallest absolute Gasteiger partial charge is 0.274 e. The summed E-state index contributed by atoms with van der Waals surface area (Å²) >= 11 is 0. The second kappa shape index (κ2) is 6.46. The average Bonchev–Trinajstić information content (AvgIpc) is 3.06. The Bertz CT molecular complexity index is 694. The Balaban J connectivity index is 1.43. The Morgan fingerprint density at radius 3 is 3.12 bits per heavy atom. The molecule has 8 nitrogen and oxygen atoms in total. The van der Waals surface area contributed by atoms with Crippen LogP contribution >= 0.6 is 0 Å². The van der Waals surface area contributed by atoms with E-state index in [0.29, 0.717) is 37.2 Å². The Labute approximate surface area is 139 Å². The van der Waals surface area contributed by atoms with Crippen molar-refractivity contribution in [2.75, 3.05) is 19.7 Å². The van der Waals surface area contributed by atoms with Crippen LogP contribution in [0.5, 0.6) is 11.8 Å². The second-order valence-corrected chi connectivity index (χ2v) is 5.99. The monoisotopic (exact) mass is 329 g/mol. The molecule has 4 rings (SSSR count). The average molecular weight is 329 g/mol. The van der Waals surface area contributed by atoms with Crippen LogP contribution in [-0.2, 0) is 6.54 Å². The van der Waals surface area contributed by atoms with E-state index in [9.17, 15) is 4.79 Å². The van der Waals surface area contributed by atoms with E-state index in [4.69, 9.17) is 9.47 Å². The van der Waals surface area contributed by atoms with Crippen LogP contribution in [0.1, 0.15) is 29.8 Å². The summed E-state index contributed by atoms with van der Waals surface area (Å²) in [5.74, 6) is 1.09. The number of aromatic nitrogens is 4. The number of hydrogen-bond donors (Lipinski definition) is 0. The summed E-state index contributed by atoms with van der Waals surface area (Å²) < 4.78 is 13.1. The summed E-state index contributed by atoms with van der Waals surface area (Å²) in [5, 5.41) is 12.1. The number of rotatable bonds is 3. The van der Waals surface area contributed by atoms with Gasteiger partial charge in [-0.15, -0.1) is 5.10 Å². The lowest BCUT2D eigenvalue weighted by molar-refractivity contribution is 0.0519. The number of likely N-dealkylation sites (tertiary alicyclic amines) is 1. The lowest BCUT2D eigenvalue weighted by Crippen LogP contribution is -2.44. The fourth-order valence-electron chi connectivity index (χ4n) is 3.07. The molecule has 1 fully saturated rings. The highest BCUT2D eigenvalue weighted by Gasteiger charge is 2.28. The first kappa shape index (κ1) is 14.9. The lowest BCUT2D eigenvalue weighted by Gasteiger charge is -2.32. The molecule has 2 aliphatic rings. The molecule has 0 aromatic carbocycles. The van der Waals surface area contributed by atoms with E-state index < -0.39 is 0 Å². The second-order valence-electron chi connectivity index (χ2n) is 5.99. The normalized spacial score (nSPS) is 20.2. The quantitative estimate of drug-likeness (QED) is 0.840. The molecule has 1 saturated heterocycles. The van der Waals surface area contributed by atoms with Gasteiger partial charge in [0.1, 0.15) is 6.10 Å². The van der Waals surface area contributed by atoms with Crippen molar-refractivity contribution in [3.63, 3.8) is 0 Å². The minimum absolute atomic E-state index is 0.0760. The van der Waals surface area contributed by atoms with Crippen LogP contribution in [0, 0.1) is 0 Å². The van der Waals surface area contributed by atoms with Crippen LogP contribution in [0.3, 0.4) is 0 Å². The zero-order valence-corrected chi connectivity index (χ0v) is 13.3. The summed E-state index contributed by atoms with van der Waals surface area (Å²) in [6.07, 6.45) is 4.23. The number of piperidine rings is 1. The van der Waals surface area contributed by atoms with Gasteiger partial charge in [-0.05, 0) is 18.9 Å². The number of aryl methyl sites for hydroxylation is 1. The van der Waals surface area contributed by atoms with Gasteiger partial charge in [-0.25, -0.2) is 4.68 Å².